The van der Waals surface area contributed by atoms with E-state index in [2.05, 4.69) is 22.8 Å². The van der Waals surface area contributed by atoms with Crippen LogP contribution in [-0.2, 0) is 17.8 Å². The molecule has 132 valence electrons. The molecule has 0 spiro atoms. The fraction of sp³-hybridized carbons (Fsp3) is 0.368. The number of aromatic nitrogens is 1. The van der Waals surface area contributed by atoms with E-state index in [0.29, 0.717) is 18.2 Å². The van der Waals surface area contributed by atoms with Crippen molar-refractivity contribution in [2.24, 2.45) is 0 Å². The molecule has 1 aliphatic heterocycles. The first-order chi connectivity index (χ1) is 12.2. The van der Waals surface area contributed by atoms with Gasteiger partial charge in [0.05, 0.1) is 12.6 Å². The van der Waals surface area contributed by atoms with E-state index in [9.17, 15) is 4.79 Å². The number of hydrogen-bond donors (Lipinski definition) is 2. The van der Waals surface area contributed by atoms with Crippen LogP contribution in [0.25, 0.3) is 0 Å². The summed E-state index contributed by atoms with van der Waals surface area (Å²) >= 11 is 5.30. The molecule has 5 nitrogen and oxygen atoms in total. The zero-order valence-corrected chi connectivity index (χ0v) is 14.9. The lowest BCUT2D eigenvalue weighted by Crippen LogP contribution is -2.39. The molecule has 25 heavy (non-hydrogen) atoms. The van der Waals surface area contributed by atoms with Gasteiger partial charge in [-0.25, -0.2) is 0 Å². The Morgan fingerprint density at radius 2 is 1.96 bits per heavy atom. The topological polar surface area (TPSA) is 55.3 Å². The van der Waals surface area contributed by atoms with Gasteiger partial charge in [0, 0.05) is 32.0 Å². The van der Waals surface area contributed by atoms with Crippen molar-refractivity contribution >= 4 is 17.3 Å². The normalized spacial score (nSPS) is 16.6. The molecular formula is C19H23N3O2S. The Morgan fingerprint density at radius 1 is 1.16 bits per heavy atom. The fourth-order valence-corrected chi connectivity index (χ4v) is 2.96. The van der Waals surface area contributed by atoms with Crippen LogP contribution < -0.4 is 16.2 Å². The molecule has 0 saturated carbocycles. The third-order valence-electron chi connectivity index (χ3n) is 4.24. The first-order valence-electron chi connectivity index (χ1n) is 8.57. The maximum Gasteiger partial charge on any atom is 0.250 e. The van der Waals surface area contributed by atoms with Crippen molar-refractivity contribution in [2.75, 3.05) is 13.2 Å². The molecule has 2 heterocycles. The van der Waals surface area contributed by atoms with Crippen LogP contribution in [-0.4, -0.2) is 28.9 Å². The fourth-order valence-electron chi connectivity index (χ4n) is 2.81. The molecule has 1 unspecified atom stereocenters. The maximum atomic E-state index is 11.7. The Hall–Kier alpha value is -2.18. The summed E-state index contributed by atoms with van der Waals surface area (Å²) in [6, 6.07) is 13.4. The second kappa shape index (κ2) is 8.78. The Kier molecular flexibility index (Phi) is 6.19. The second-order valence-corrected chi connectivity index (χ2v) is 6.59. The molecule has 1 fully saturated rings. The zero-order valence-electron chi connectivity index (χ0n) is 14.1. The summed E-state index contributed by atoms with van der Waals surface area (Å²) in [7, 11) is 0. The van der Waals surface area contributed by atoms with Crippen LogP contribution in [0.15, 0.2) is 53.5 Å². The van der Waals surface area contributed by atoms with Gasteiger partial charge in [-0.1, -0.05) is 30.3 Å². The van der Waals surface area contributed by atoms with Crippen molar-refractivity contribution in [3.63, 3.8) is 0 Å². The van der Waals surface area contributed by atoms with E-state index in [1.807, 2.05) is 18.2 Å². The lowest BCUT2D eigenvalue weighted by molar-refractivity contribution is 0.114. The van der Waals surface area contributed by atoms with Crippen LogP contribution in [0.2, 0.25) is 0 Å². The minimum Gasteiger partial charge on any atom is -0.376 e. The summed E-state index contributed by atoms with van der Waals surface area (Å²) in [6.07, 6.45) is 4.31. The highest BCUT2D eigenvalue weighted by Gasteiger charge is 2.15. The van der Waals surface area contributed by atoms with E-state index in [1.54, 1.807) is 22.9 Å². The molecule has 1 aromatic carbocycles. The van der Waals surface area contributed by atoms with Gasteiger partial charge >= 0.3 is 0 Å². The highest BCUT2D eigenvalue weighted by molar-refractivity contribution is 7.80. The summed E-state index contributed by atoms with van der Waals surface area (Å²) in [6.45, 7) is 2.86. The average Bonchev–Trinajstić information content (AvgIpc) is 3.15. The summed E-state index contributed by atoms with van der Waals surface area (Å²) in [4.78, 5) is 11.7. The van der Waals surface area contributed by atoms with Crippen molar-refractivity contribution in [3.8, 4) is 0 Å². The number of pyridine rings is 1. The van der Waals surface area contributed by atoms with E-state index in [1.165, 1.54) is 0 Å². The third-order valence-corrected chi connectivity index (χ3v) is 4.53. The molecule has 2 N–H and O–H groups in total. The predicted octanol–water partition coefficient (Wildman–Crippen LogP) is 2.04. The van der Waals surface area contributed by atoms with Crippen LogP contribution in [0.3, 0.4) is 0 Å². The van der Waals surface area contributed by atoms with Crippen molar-refractivity contribution in [1.29, 1.82) is 0 Å². The van der Waals surface area contributed by atoms with Gasteiger partial charge in [0.1, 0.15) is 0 Å². The van der Waals surface area contributed by atoms with Gasteiger partial charge in [-0.05, 0) is 42.3 Å². The van der Waals surface area contributed by atoms with Crippen LogP contribution in [0, 0.1) is 0 Å². The van der Waals surface area contributed by atoms with Gasteiger partial charge in [0.25, 0.3) is 5.56 Å². The number of rotatable bonds is 6. The molecule has 0 amide bonds. The number of thiocarbonyl (C=S) groups is 1. The number of nitrogens with zero attached hydrogens (tertiary/aromatic N) is 1. The SMILES string of the molecule is O=c1ccccn1Cc1ccc(CNC(=S)NCC2CCCO2)cc1. The molecule has 0 bridgehead atoms. The van der Waals surface area contributed by atoms with Crippen molar-refractivity contribution in [3.05, 3.63) is 70.1 Å². The number of nitrogens with one attached hydrogen (secondary N) is 2. The van der Waals surface area contributed by atoms with Crippen LogP contribution in [0.1, 0.15) is 24.0 Å². The van der Waals surface area contributed by atoms with E-state index in [0.717, 1.165) is 37.1 Å². The largest absolute Gasteiger partial charge is 0.376 e. The summed E-state index contributed by atoms with van der Waals surface area (Å²) in [5.74, 6) is 0. The van der Waals surface area contributed by atoms with Crippen LogP contribution in [0.5, 0.6) is 0 Å². The summed E-state index contributed by atoms with van der Waals surface area (Å²) in [5.41, 5.74) is 2.25. The van der Waals surface area contributed by atoms with Crippen molar-refractivity contribution in [1.82, 2.24) is 15.2 Å². The lowest BCUT2D eigenvalue weighted by Gasteiger charge is -2.14. The quantitative estimate of drug-likeness (QED) is 0.775. The Morgan fingerprint density at radius 3 is 2.68 bits per heavy atom. The molecule has 3 rings (SSSR count). The Bertz CT molecular complexity index is 752. The zero-order chi connectivity index (χ0) is 17.5. The van der Waals surface area contributed by atoms with Crippen molar-refractivity contribution in [2.45, 2.75) is 32.0 Å². The first-order valence-corrected chi connectivity index (χ1v) is 8.98. The van der Waals surface area contributed by atoms with Gasteiger partial charge in [-0.2, -0.15) is 0 Å². The van der Waals surface area contributed by atoms with Gasteiger partial charge in [0.2, 0.25) is 0 Å². The molecule has 0 aliphatic carbocycles. The smallest absolute Gasteiger partial charge is 0.250 e. The molecule has 1 atom stereocenters. The maximum absolute atomic E-state index is 11.7. The van der Waals surface area contributed by atoms with Gasteiger partial charge in [-0.3, -0.25) is 4.79 Å². The Balaban J connectivity index is 1.45. The lowest BCUT2D eigenvalue weighted by atomic mass is 10.1. The molecule has 1 aromatic heterocycles. The van der Waals surface area contributed by atoms with E-state index < -0.39 is 0 Å². The van der Waals surface area contributed by atoms with E-state index in [4.69, 9.17) is 17.0 Å². The summed E-state index contributed by atoms with van der Waals surface area (Å²) in [5, 5.41) is 7.06. The minimum atomic E-state index is 0.0101. The third kappa shape index (κ3) is 5.41. The van der Waals surface area contributed by atoms with Gasteiger partial charge < -0.3 is 19.9 Å². The van der Waals surface area contributed by atoms with Gasteiger partial charge in [0.15, 0.2) is 5.11 Å². The molecule has 6 heteroatoms. The monoisotopic (exact) mass is 357 g/mol. The van der Waals surface area contributed by atoms with Crippen LogP contribution in [0.4, 0.5) is 0 Å². The molecule has 1 aliphatic rings. The average molecular weight is 357 g/mol. The Labute approximate surface area is 153 Å². The predicted molar refractivity (Wildman–Crippen MR) is 103 cm³/mol. The standard InChI is InChI=1S/C19H23N3O2S/c23-18-5-1-2-10-22(18)14-16-8-6-15(7-9-16)12-20-19(25)21-13-17-4-3-11-24-17/h1-2,5-10,17H,3-4,11-14H2,(H2,20,21,25). The molecule has 0 radical (unpaired) electrons. The number of ether oxygens (including phenoxy) is 1. The minimum absolute atomic E-state index is 0.0101. The number of benzene rings is 1. The first kappa shape index (κ1) is 17.6. The highest BCUT2D eigenvalue weighted by Crippen LogP contribution is 2.10. The highest BCUT2D eigenvalue weighted by atomic mass is 32.1. The summed E-state index contributed by atoms with van der Waals surface area (Å²) < 4.78 is 7.25. The van der Waals surface area contributed by atoms with Gasteiger partial charge in [-0.15, -0.1) is 0 Å². The van der Waals surface area contributed by atoms with Crippen LogP contribution >= 0.6 is 12.2 Å². The second-order valence-electron chi connectivity index (χ2n) is 6.18. The van der Waals surface area contributed by atoms with E-state index >= 15 is 0 Å². The molecular weight excluding hydrogens is 334 g/mol. The number of hydrogen-bond acceptors (Lipinski definition) is 3. The molecule has 1 saturated heterocycles. The molecule has 2 aromatic rings. The van der Waals surface area contributed by atoms with E-state index in [-0.39, 0.29) is 11.7 Å². The van der Waals surface area contributed by atoms with Crippen molar-refractivity contribution < 1.29 is 4.74 Å².